The molecule has 0 fully saturated rings. The Hall–Kier alpha value is -2.42. The van der Waals surface area contributed by atoms with E-state index < -0.39 is 32.1 Å². The number of aromatic carboxylic acids is 1. The van der Waals surface area contributed by atoms with Crippen LogP contribution < -0.4 is 0 Å². The summed E-state index contributed by atoms with van der Waals surface area (Å²) in [6.07, 6.45) is 1.39. The lowest BCUT2D eigenvalue weighted by atomic mass is 10.1. The fourth-order valence-corrected chi connectivity index (χ4v) is 4.74. The second-order valence-electron chi connectivity index (χ2n) is 11.9. The van der Waals surface area contributed by atoms with E-state index in [1.54, 1.807) is 35.4 Å². The number of ether oxygens (including phenoxy) is 1. The minimum Gasteiger partial charge on any atom is -0.478 e. The molecular formula is C28H41ClN2O5Si. The Morgan fingerprint density at radius 1 is 1.11 bits per heavy atom. The van der Waals surface area contributed by atoms with E-state index in [9.17, 15) is 14.7 Å². The molecule has 1 aromatic heterocycles. The van der Waals surface area contributed by atoms with Gasteiger partial charge in [-0.3, -0.25) is 0 Å². The number of amides is 1. The van der Waals surface area contributed by atoms with Gasteiger partial charge in [0.05, 0.1) is 18.2 Å². The minimum atomic E-state index is -2.23. The molecule has 0 saturated heterocycles. The number of carboxylic acid groups (broad SMARTS) is 1. The third kappa shape index (κ3) is 9.12. The number of hydrogen-bond acceptors (Lipinski definition) is 5. The van der Waals surface area contributed by atoms with Gasteiger partial charge in [0, 0.05) is 18.3 Å². The highest BCUT2D eigenvalue weighted by Gasteiger charge is 2.40. The topological polar surface area (TPSA) is 89.0 Å². The molecule has 1 heterocycles. The lowest BCUT2D eigenvalue weighted by Gasteiger charge is -2.40. The molecule has 37 heavy (non-hydrogen) atoms. The van der Waals surface area contributed by atoms with Gasteiger partial charge < -0.3 is 19.2 Å². The van der Waals surface area contributed by atoms with Crippen molar-refractivity contribution in [2.75, 3.05) is 13.1 Å². The van der Waals surface area contributed by atoms with Crippen LogP contribution >= 0.6 is 11.6 Å². The molecule has 9 heteroatoms. The summed E-state index contributed by atoms with van der Waals surface area (Å²) >= 11 is 6.20. The van der Waals surface area contributed by atoms with Gasteiger partial charge in [0.1, 0.15) is 10.8 Å². The van der Waals surface area contributed by atoms with Crippen molar-refractivity contribution < 1.29 is 23.9 Å². The highest BCUT2D eigenvalue weighted by molar-refractivity contribution is 6.74. The van der Waals surface area contributed by atoms with E-state index in [1.165, 1.54) is 0 Å². The number of carbonyl (C=O) groups is 2. The molecule has 0 radical (unpaired) electrons. The van der Waals surface area contributed by atoms with Gasteiger partial charge in [-0.15, -0.1) is 0 Å². The average molecular weight is 549 g/mol. The van der Waals surface area contributed by atoms with Crippen LogP contribution in [0.3, 0.4) is 0 Å². The second kappa shape index (κ2) is 12.0. The van der Waals surface area contributed by atoms with Crippen molar-refractivity contribution in [1.29, 1.82) is 0 Å². The van der Waals surface area contributed by atoms with E-state index in [4.69, 9.17) is 20.8 Å². The van der Waals surface area contributed by atoms with Gasteiger partial charge >= 0.3 is 12.1 Å². The zero-order valence-electron chi connectivity index (χ0n) is 23.5. The molecule has 1 N–H and O–H groups in total. The molecule has 0 spiro atoms. The summed E-state index contributed by atoms with van der Waals surface area (Å²) < 4.78 is 12.6. The number of rotatable bonds is 9. The van der Waals surface area contributed by atoms with E-state index in [-0.39, 0.29) is 17.1 Å². The molecular weight excluding hydrogens is 508 g/mol. The molecule has 1 unspecified atom stereocenters. The van der Waals surface area contributed by atoms with Crippen LogP contribution in [0, 0.1) is 6.92 Å². The zero-order valence-corrected chi connectivity index (χ0v) is 25.3. The number of carbonyl (C=O) groups excluding carboxylic acids is 1. The van der Waals surface area contributed by atoms with Gasteiger partial charge in [-0.2, -0.15) is 0 Å². The molecule has 2 rings (SSSR count). The van der Waals surface area contributed by atoms with Crippen molar-refractivity contribution in [3.63, 3.8) is 0 Å². The molecule has 1 amide bonds. The molecule has 0 aliphatic heterocycles. The summed E-state index contributed by atoms with van der Waals surface area (Å²) in [5.41, 5.74) is 2.18. The standard InChI is InChI=1S/C28H41ClN2O5Si/c1-19-16-22(17-30-24(19)29)23(36-37(8,9)28(5,6)7)18-31(26(34)35-27(2,3)4)15-14-20-10-12-21(13-11-20)25(32)33/h10-13,16-17,23H,14-15,18H2,1-9H3,(H,32,33). The van der Waals surface area contributed by atoms with Crippen molar-refractivity contribution in [1.82, 2.24) is 9.88 Å². The maximum absolute atomic E-state index is 13.3. The first kappa shape index (κ1) is 30.8. The van der Waals surface area contributed by atoms with Crippen molar-refractivity contribution in [3.05, 3.63) is 63.9 Å². The first-order valence-corrected chi connectivity index (χ1v) is 15.8. The molecule has 1 atom stereocenters. The molecule has 7 nitrogen and oxygen atoms in total. The number of carboxylic acids is 1. The Morgan fingerprint density at radius 3 is 2.19 bits per heavy atom. The van der Waals surface area contributed by atoms with E-state index in [1.807, 2.05) is 33.8 Å². The van der Waals surface area contributed by atoms with E-state index in [2.05, 4.69) is 38.8 Å². The van der Waals surface area contributed by atoms with Gasteiger partial charge in [-0.25, -0.2) is 14.6 Å². The smallest absolute Gasteiger partial charge is 0.410 e. The molecule has 204 valence electrons. The molecule has 2 aromatic rings. The van der Waals surface area contributed by atoms with Crippen molar-refractivity contribution in [2.24, 2.45) is 0 Å². The maximum Gasteiger partial charge on any atom is 0.410 e. The van der Waals surface area contributed by atoms with Crippen molar-refractivity contribution in [3.8, 4) is 0 Å². The largest absolute Gasteiger partial charge is 0.478 e. The SMILES string of the molecule is Cc1cc(C(CN(CCc2ccc(C(=O)O)cc2)C(=O)OC(C)(C)C)O[Si](C)(C)C(C)(C)C)cnc1Cl. The second-order valence-corrected chi connectivity index (χ2v) is 17.0. The number of benzene rings is 1. The van der Waals surface area contributed by atoms with Crippen molar-refractivity contribution >= 4 is 32.0 Å². The number of nitrogens with zero attached hydrogens (tertiary/aromatic N) is 2. The third-order valence-electron chi connectivity index (χ3n) is 6.56. The highest BCUT2D eigenvalue weighted by Crippen LogP contribution is 2.40. The monoisotopic (exact) mass is 548 g/mol. The number of pyridine rings is 1. The van der Waals surface area contributed by atoms with Crippen molar-refractivity contribution in [2.45, 2.75) is 84.7 Å². The molecule has 1 aromatic carbocycles. The van der Waals surface area contributed by atoms with Crippen LogP contribution in [0.1, 0.15) is 74.7 Å². The van der Waals surface area contributed by atoms with Gasteiger partial charge in [-0.1, -0.05) is 44.5 Å². The number of halogens is 1. The zero-order chi connectivity index (χ0) is 28.2. The predicted molar refractivity (Wildman–Crippen MR) is 150 cm³/mol. The fraction of sp³-hybridized carbons (Fsp3) is 0.536. The quantitative estimate of drug-likeness (QED) is 0.261. The summed E-state index contributed by atoms with van der Waals surface area (Å²) in [5.74, 6) is -0.973. The summed E-state index contributed by atoms with van der Waals surface area (Å²) in [6.45, 7) is 18.9. The Labute approximate surface area is 227 Å². The summed E-state index contributed by atoms with van der Waals surface area (Å²) in [7, 11) is -2.23. The lowest BCUT2D eigenvalue weighted by molar-refractivity contribution is 0.0158. The van der Waals surface area contributed by atoms with Crippen LogP contribution in [0.25, 0.3) is 0 Å². The van der Waals surface area contributed by atoms with Crippen LogP contribution in [0.5, 0.6) is 0 Å². The highest BCUT2D eigenvalue weighted by atomic mass is 35.5. The van der Waals surface area contributed by atoms with Crippen LogP contribution in [-0.4, -0.2) is 54.1 Å². The van der Waals surface area contributed by atoms with E-state index >= 15 is 0 Å². The number of aromatic nitrogens is 1. The summed E-state index contributed by atoms with van der Waals surface area (Å²) in [5, 5.41) is 9.57. The third-order valence-corrected chi connectivity index (χ3v) is 11.4. The minimum absolute atomic E-state index is 0.0389. The molecule has 0 bridgehead atoms. The van der Waals surface area contributed by atoms with E-state index in [0.29, 0.717) is 18.1 Å². The van der Waals surface area contributed by atoms with Gasteiger partial charge in [0.2, 0.25) is 0 Å². The van der Waals surface area contributed by atoms with E-state index in [0.717, 1.165) is 16.7 Å². The molecule has 0 aliphatic rings. The van der Waals surface area contributed by atoms with Gasteiger partial charge in [0.25, 0.3) is 0 Å². The van der Waals surface area contributed by atoms with Crippen LogP contribution in [0.2, 0.25) is 23.3 Å². The Kier molecular flexibility index (Phi) is 9.96. The first-order valence-electron chi connectivity index (χ1n) is 12.5. The average Bonchev–Trinajstić information content (AvgIpc) is 2.75. The normalized spacial score (nSPS) is 13.2. The Balaban J connectivity index is 2.40. The van der Waals surface area contributed by atoms with Crippen LogP contribution in [0.15, 0.2) is 36.5 Å². The summed E-state index contributed by atoms with van der Waals surface area (Å²) in [4.78, 5) is 30.5. The molecule has 0 aliphatic carbocycles. The van der Waals surface area contributed by atoms with Gasteiger partial charge in [0.15, 0.2) is 8.32 Å². The molecule has 0 saturated carbocycles. The van der Waals surface area contributed by atoms with Crippen LogP contribution in [-0.2, 0) is 15.6 Å². The Bertz CT molecular complexity index is 1090. The first-order chi connectivity index (χ1) is 16.9. The lowest BCUT2D eigenvalue weighted by Crippen LogP contribution is -2.46. The fourth-order valence-electron chi connectivity index (χ4n) is 3.36. The maximum atomic E-state index is 13.3. The van der Waals surface area contributed by atoms with Crippen LogP contribution in [0.4, 0.5) is 4.79 Å². The predicted octanol–water partition coefficient (Wildman–Crippen LogP) is 7.28. The number of aryl methyl sites for hydroxylation is 1. The summed E-state index contributed by atoms with van der Waals surface area (Å²) in [6, 6.07) is 8.65. The number of hydrogen-bond donors (Lipinski definition) is 1. The van der Waals surface area contributed by atoms with Gasteiger partial charge in [-0.05, 0) is 81.6 Å². The Morgan fingerprint density at radius 2 is 1.70 bits per heavy atom.